The number of ether oxygens (including phenoxy) is 1. The zero-order valence-electron chi connectivity index (χ0n) is 16.6. The van der Waals surface area contributed by atoms with E-state index in [2.05, 4.69) is 25.6 Å². The fourth-order valence-corrected chi connectivity index (χ4v) is 2.94. The third-order valence-corrected chi connectivity index (χ3v) is 4.44. The average Bonchev–Trinajstić information content (AvgIpc) is 3.10. The third kappa shape index (κ3) is 4.33. The molecule has 0 aliphatic rings. The van der Waals surface area contributed by atoms with Crippen molar-refractivity contribution in [2.24, 2.45) is 0 Å². The van der Waals surface area contributed by atoms with Crippen LogP contribution in [0.15, 0.2) is 45.7 Å². The van der Waals surface area contributed by atoms with E-state index in [4.69, 9.17) is 9.15 Å². The van der Waals surface area contributed by atoms with Gasteiger partial charge in [-0.2, -0.15) is 18.2 Å². The minimum Gasteiger partial charge on any atom is -0.497 e. The molecule has 2 heterocycles. The number of benzene rings is 2. The fourth-order valence-electron chi connectivity index (χ4n) is 2.94. The van der Waals surface area contributed by atoms with Gasteiger partial charge in [-0.05, 0) is 25.1 Å². The molecule has 12 heteroatoms. The van der Waals surface area contributed by atoms with Crippen LogP contribution >= 0.6 is 0 Å². The summed E-state index contributed by atoms with van der Waals surface area (Å²) < 4.78 is 63.3. The molecule has 0 bridgehead atoms. The van der Waals surface area contributed by atoms with E-state index < -0.39 is 23.3 Å². The standard InChI is InChI=1S/C20H15F4N5O3/c1-9-8-25-18(27-11-3-10(20(22,23)24)4-13(5-11)31-2)29-17(9)26-12-6-14(21)16-15(7-12)28-19(30)32-16/h3-8H,1-2H3,(H,28,30)(H2,25,26,27,29). The number of anilines is 4. The van der Waals surface area contributed by atoms with Crippen LogP contribution < -0.4 is 21.1 Å². The smallest absolute Gasteiger partial charge is 0.417 e. The fraction of sp³-hybridized carbons (Fsp3) is 0.150. The van der Waals surface area contributed by atoms with E-state index in [1.54, 1.807) is 6.92 Å². The molecule has 0 amide bonds. The van der Waals surface area contributed by atoms with Gasteiger partial charge in [0.1, 0.15) is 11.6 Å². The molecular formula is C20H15F4N5O3. The van der Waals surface area contributed by atoms with E-state index >= 15 is 0 Å². The second-order valence-electron chi connectivity index (χ2n) is 6.77. The number of halogens is 4. The summed E-state index contributed by atoms with van der Waals surface area (Å²) in [6, 6.07) is 5.71. The molecule has 8 nitrogen and oxygen atoms in total. The number of hydrogen-bond donors (Lipinski definition) is 3. The predicted octanol–water partition coefficient (Wildman–Crippen LogP) is 4.87. The highest BCUT2D eigenvalue weighted by Gasteiger charge is 2.31. The van der Waals surface area contributed by atoms with Crippen LogP contribution in [0.1, 0.15) is 11.1 Å². The van der Waals surface area contributed by atoms with Gasteiger partial charge in [-0.15, -0.1) is 0 Å². The maximum absolute atomic E-state index is 14.2. The maximum atomic E-state index is 14.2. The summed E-state index contributed by atoms with van der Waals surface area (Å²) in [7, 11) is 1.26. The summed E-state index contributed by atoms with van der Waals surface area (Å²) in [5, 5.41) is 5.61. The van der Waals surface area contributed by atoms with Crippen molar-refractivity contribution in [3.05, 3.63) is 64.0 Å². The summed E-state index contributed by atoms with van der Waals surface area (Å²) >= 11 is 0. The number of alkyl halides is 3. The Morgan fingerprint density at radius 1 is 1.09 bits per heavy atom. The molecule has 166 valence electrons. The van der Waals surface area contributed by atoms with Gasteiger partial charge in [0.15, 0.2) is 11.4 Å². The SMILES string of the molecule is COc1cc(Nc2ncc(C)c(Nc3cc(F)c4oc(=O)[nH]c4c3)n2)cc(C(F)(F)F)c1. The zero-order chi connectivity index (χ0) is 23.0. The lowest BCUT2D eigenvalue weighted by molar-refractivity contribution is -0.137. The lowest BCUT2D eigenvalue weighted by atomic mass is 10.2. The molecule has 0 saturated heterocycles. The van der Waals surface area contributed by atoms with Crippen molar-refractivity contribution in [3.63, 3.8) is 0 Å². The topological polar surface area (TPSA) is 105 Å². The highest BCUT2D eigenvalue weighted by atomic mass is 19.4. The van der Waals surface area contributed by atoms with Crippen molar-refractivity contribution in [3.8, 4) is 5.75 Å². The van der Waals surface area contributed by atoms with Crippen molar-refractivity contribution < 1.29 is 26.7 Å². The number of nitrogens with one attached hydrogen (secondary N) is 3. The van der Waals surface area contributed by atoms with Gasteiger partial charge in [0.05, 0.1) is 18.2 Å². The summed E-state index contributed by atoms with van der Waals surface area (Å²) in [4.78, 5) is 22.0. The summed E-state index contributed by atoms with van der Waals surface area (Å²) in [6.45, 7) is 1.69. The molecule has 0 saturated carbocycles. The van der Waals surface area contributed by atoms with Gasteiger partial charge in [-0.25, -0.2) is 14.2 Å². The maximum Gasteiger partial charge on any atom is 0.417 e. The number of fused-ring (bicyclic) bond motifs is 1. The Morgan fingerprint density at radius 3 is 2.56 bits per heavy atom. The second-order valence-corrected chi connectivity index (χ2v) is 6.77. The first-order chi connectivity index (χ1) is 15.1. The highest BCUT2D eigenvalue weighted by Crippen LogP contribution is 2.35. The van der Waals surface area contributed by atoms with E-state index in [1.807, 2.05) is 0 Å². The van der Waals surface area contributed by atoms with Crippen molar-refractivity contribution >= 4 is 34.2 Å². The molecule has 0 spiro atoms. The Bertz CT molecular complexity index is 1360. The number of H-pyrrole nitrogens is 1. The first kappa shape index (κ1) is 21.2. The van der Waals surface area contributed by atoms with Crippen molar-refractivity contribution in [2.45, 2.75) is 13.1 Å². The quantitative estimate of drug-likeness (QED) is 0.373. The van der Waals surface area contributed by atoms with Gasteiger partial charge in [0, 0.05) is 35.3 Å². The predicted molar refractivity (Wildman–Crippen MR) is 108 cm³/mol. The molecule has 0 unspecified atom stereocenters. The third-order valence-electron chi connectivity index (χ3n) is 4.44. The van der Waals surface area contributed by atoms with E-state index in [0.717, 1.165) is 18.2 Å². The molecule has 32 heavy (non-hydrogen) atoms. The number of oxazole rings is 1. The summed E-state index contributed by atoms with van der Waals surface area (Å²) in [6.07, 6.45) is -3.13. The number of methoxy groups -OCH3 is 1. The molecule has 4 rings (SSSR count). The van der Waals surface area contributed by atoms with Crippen molar-refractivity contribution in [1.82, 2.24) is 15.0 Å². The molecule has 2 aromatic carbocycles. The van der Waals surface area contributed by atoms with Crippen molar-refractivity contribution in [2.75, 3.05) is 17.7 Å². The average molecular weight is 449 g/mol. The second kappa shape index (κ2) is 7.87. The van der Waals surface area contributed by atoms with E-state index in [0.29, 0.717) is 5.56 Å². The van der Waals surface area contributed by atoms with E-state index in [-0.39, 0.29) is 40.0 Å². The van der Waals surface area contributed by atoms with Crippen LogP contribution in [0.25, 0.3) is 11.1 Å². The lowest BCUT2D eigenvalue weighted by Crippen LogP contribution is -2.07. The Labute approximate surface area is 177 Å². The molecular weight excluding hydrogens is 434 g/mol. The van der Waals surface area contributed by atoms with Gasteiger partial charge in [0.2, 0.25) is 5.95 Å². The Morgan fingerprint density at radius 2 is 1.84 bits per heavy atom. The monoisotopic (exact) mass is 449 g/mol. The number of aromatic amines is 1. The molecule has 4 aromatic rings. The molecule has 0 aliphatic heterocycles. The summed E-state index contributed by atoms with van der Waals surface area (Å²) in [5.74, 6) is -1.28. The Balaban J connectivity index is 1.64. The van der Waals surface area contributed by atoms with Gasteiger partial charge in [-0.1, -0.05) is 0 Å². The molecule has 0 atom stereocenters. The van der Waals surface area contributed by atoms with Crippen LogP contribution in [-0.4, -0.2) is 22.1 Å². The first-order valence-electron chi connectivity index (χ1n) is 9.09. The lowest BCUT2D eigenvalue weighted by Gasteiger charge is -2.14. The van der Waals surface area contributed by atoms with Crippen LogP contribution in [0.4, 0.5) is 40.7 Å². The number of rotatable bonds is 5. The first-order valence-corrected chi connectivity index (χ1v) is 9.09. The number of nitrogens with zero attached hydrogens (tertiary/aromatic N) is 2. The number of aromatic nitrogens is 3. The molecule has 2 aromatic heterocycles. The normalized spacial score (nSPS) is 11.6. The minimum absolute atomic E-state index is 0.00209. The van der Waals surface area contributed by atoms with Gasteiger partial charge >= 0.3 is 11.9 Å². The van der Waals surface area contributed by atoms with Crippen LogP contribution in [0.5, 0.6) is 5.75 Å². The van der Waals surface area contributed by atoms with E-state index in [1.165, 1.54) is 25.4 Å². The number of hydrogen-bond acceptors (Lipinski definition) is 7. The highest BCUT2D eigenvalue weighted by molar-refractivity contribution is 5.79. The zero-order valence-corrected chi connectivity index (χ0v) is 16.6. The van der Waals surface area contributed by atoms with Crippen LogP contribution in [-0.2, 0) is 6.18 Å². The molecule has 3 N–H and O–H groups in total. The Hall–Kier alpha value is -4.09. The van der Waals surface area contributed by atoms with Crippen LogP contribution in [0, 0.1) is 12.7 Å². The van der Waals surface area contributed by atoms with Crippen LogP contribution in [0.2, 0.25) is 0 Å². The molecule has 0 radical (unpaired) electrons. The minimum atomic E-state index is -4.57. The largest absolute Gasteiger partial charge is 0.497 e. The van der Waals surface area contributed by atoms with Gasteiger partial charge in [0.25, 0.3) is 0 Å². The summed E-state index contributed by atoms with van der Waals surface area (Å²) in [5.41, 5.74) is -0.0454. The van der Waals surface area contributed by atoms with Crippen molar-refractivity contribution in [1.29, 1.82) is 0 Å². The van der Waals surface area contributed by atoms with Crippen LogP contribution in [0.3, 0.4) is 0 Å². The molecule has 0 aliphatic carbocycles. The Kier molecular flexibility index (Phi) is 5.20. The van der Waals surface area contributed by atoms with E-state index in [9.17, 15) is 22.4 Å². The molecule has 0 fully saturated rings. The number of aryl methyl sites for hydroxylation is 1. The van der Waals surface area contributed by atoms with Gasteiger partial charge in [-0.3, -0.25) is 4.98 Å². The van der Waals surface area contributed by atoms with Gasteiger partial charge < -0.3 is 19.8 Å².